The van der Waals surface area contributed by atoms with Crippen LogP contribution in [0.5, 0.6) is 0 Å². The van der Waals surface area contributed by atoms with Crippen molar-refractivity contribution < 1.29 is 9.59 Å². The molecule has 0 saturated heterocycles. The van der Waals surface area contributed by atoms with Crippen molar-refractivity contribution in [2.45, 2.75) is 27.7 Å². The third kappa shape index (κ3) is 5.53. The Morgan fingerprint density at radius 2 is 1.11 bits per heavy atom. The fourth-order valence-electron chi connectivity index (χ4n) is 3.03. The molecule has 148 valence electrons. The van der Waals surface area contributed by atoms with Crippen molar-refractivity contribution in [2.75, 3.05) is 39.3 Å². The van der Waals surface area contributed by atoms with E-state index in [0.717, 1.165) is 11.1 Å². The zero-order chi connectivity index (χ0) is 20.5. The van der Waals surface area contributed by atoms with Crippen molar-refractivity contribution in [3.8, 4) is 0 Å². The monoisotopic (exact) mass is 382 g/mol. The molecule has 0 atom stereocenters. The quantitative estimate of drug-likeness (QED) is 0.605. The van der Waals surface area contributed by atoms with E-state index in [2.05, 4.69) is 12.4 Å². The summed E-state index contributed by atoms with van der Waals surface area (Å²) in [6.07, 6.45) is 17.6. The first-order chi connectivity index (χ1) is 13.5. The number of allylic oxidation sites excluding steroid dienone is 6. The highest BCUT2D eigenvalue weighted by atomic mass is 16.2. The topological polar surface area (TPSA) is 47.1 Å². The maximum atomic E-state index is 12.2. The molecule has 0 saturated carbocycles. The Labute approximate surface area is 168 Å². The van der Waals surface area contributed by atoms with Crippen LogP contribution in [0.25, 0.3) is 0 Å². The Morgan fingerprint density at radius 1 is 0.750 bits per heavy atom. The lowest BCUT2D eigenvalue weighted by Crippen LogP contribution is -2.37. The summed E-state index contributed by atoms with van der Waals surface area (Å²) in [6, 6.07) is 0. The largest absolute Gasteiger partial charge is 0.342 e. The normalized spacial score (nSPS) is 17.4. The molecule has 0 aromatic heterocycles. The summed E-state index contributed by atoms with van der Waals surface area (Å²) in [5.41, 5.74) is 1.98. The second-order valence-corrected chi connectivity index (χ2v) is 6.48. The van der Waals surface area contributed by atoms with Gasteiger partial charge in [-0.3, -0.25) is 9.59 Å². The van der Waals surface area contributed by atoms with E-state index < -0.39 is 0 Å². The van der Waals surface area contributed by atoms with Gasteiger partial charge in [-0.15, -0.1) is 0 Å². The molecule has 0 fully saturated rings. The van der Waals surface area contributed by atoms with Crippen molar-refractivity contribution in [1.82, 2.24) is 19.6 Å². The summed E-state index contributed by atoms with van der Waals surface area (Å²) in [4.78, 5) is 31.5. The zero-order valence-electron chi connectivity index (χ0n) is 17.3. The van der Waals surface area contributed by atoms with Gasteiger partial charge >= 0.3 is 0 Å². The van der Waals surface area contributed by atoms with E-state index in [4.69, 9.17) is 0 Å². The molecule has 0 N–H and O–H groups in total. The predicted molar refractivity (Wildman–Crippen MR) is 110 cm³/mol. The summed E-state index contributed by atoms with van der Waals surface area (Å²) in [5.74, 6) is 0.178. The Balaban J connectivity index is 1.93. The minimum Gasteiger partial charge on any atom is -0.342 e. The molecule has 0 aromatic carbocycles. The molecule has 0 spiro atoms. The number of nitrogens with zero attached hydrogens (tertiary/aromatic N) is 4. The van der Waals surface area contributed by atoms with E-state index >= 15 is 0 Å². The number of hydrogen-bond donors (Lipinski definition) is 0. The minimum atomic E-state index is 0.0888. The Bertz CT molecular complexity index is 618. The summed E-state index contributed by atoms with van der Waals surface area (Å²) < 4.78 is 0. The van der Waals surface area contributed by atoms with Gasteiger partial charge in [-0.25, -0.2) is 0 Å². The number of hydrogen-bond acceptors (Lipinski definition) is 4. The van der Waals surface area contributed by atoms with Gasteiger partial charge in [0.05, 0.1) is 12.2 Å². The maximum Gasteiger partial charge on any atom is 0.245 e. The minimum absolute atomic E-state index is 0.0888. The van der Waals surface area contributed by atoms with Crippen molar-refractivity contribution in [3.63, 3.8) is 0 Å². The molecular formula is C22H30N4O2+2. The van der Waals surface area contributed by atoms with Crippen molar-refractivity contribution in [1.29, 1.82) is 0 Å². The highest BCUT2D eigenvalue weighted by Gasteiger charge is 2.24. The molecule has 0 aromatic rings. The average molecular weight is 383 g/mol. The maximum absolute atomic E-state index is 12.2. The fraction of sp³-hybridized carbons (Fsp3) is 0.455. The highest BCUT2D eigenvalue weighted by Crippen LogP contribution is 2.19. The van der Waals surface area contributed by atoms with Gasteiger partial charge in [-0.2, -0.15) is 9.80 Å². The van der Waals surface area contributed by atoms with Gasteiger partial charge in [-0.1, -0.05) is 0 Å². The van der Waals surface area contributed by atoms with Crippen LogP contribution in [0, 0.1) is 12.4 Å². The van der Waals surface area contributed by atoms with E-state index in [9.17, 15) is 9.59 Å². The Morgan fingerprint density at radius 3 is 1.36 bits per heavy atom. The molecule has 6 heteroatoms. The van der Waals surface area contributed by atoms with Crippen LogP contribution in [0.3, 0.4) is 0 Å². The summed E-state index contributed by atoms with van der Waals surface area (Å²) >= 11 is 0. The standard InChI is InChI=1S/C22H30N4O2/c1-5-25(6-2)21(27)17-23-13-9-19(10-14-23)20-11-15-24(16-12-20)18-22(28)26(7-3)8-4/h9-13,15H,5-8,17-18H2,1-4H3/q+2. The molecule has 2 rings (SSSR count). The zero-order valence-corrected chi connectivity index (χ0v) is 17.3. The molecule has 0 aliphatic carbocycles. The molecule has 2 aliphatic rings. The third-order valence-electron chi connectivity index (χ3n) is 4.82. The second kappa shape index (κ2) is 10.4. The highest BCUT2D eigenvalue weighted by molar-refractivity contribution is 5.79. The second-order valence-electron chi connectivity index (χ2n) is 6.48. The van der Waals surface area contributed by atoms with E-state index in [1.54, 1.807) is 19.6 Å². The fourth-order valence-corrected chi connectivity index (χ4v) is 3.03. The van der Waals surface area contributed by atoms with Crippen molar-refractivity contribution >= 4 is 11.8 Å². The van der Waals surface area contributed by atoms with E-state index in [1.807, 2.05) is 64.4 Å². The van der Waals surface area contributed by atoms with E-state index in [0.29, 0.717) is 26.2 Å². The van der Waals surface area contributed by atoms with E-state index in [1.165, 1.54) is 0 Å². The van der Waals surface area contributed by atoms with Crippen LogP contribution < -0.4 is 0 Å². The van der Waals surface area contributed by atoms with Crippen molar-refractivity contribution in [2.24, 2.45) is 0 Å². The first-order valence-electron chi connectivity index (χ1n) is 9.90. The van der Waals surface area contributed by atoms with Crippen LogP contribution >= 0.6 is 0 Å². The summed E-state index contributed by atoms with van der Waals surface area (Å²) in [5, 5.41) is 0. The van der Waals surface area contributed by atoms with Gasteiger partial charge < -0.3 is 9.80 Å². The van der Waals surface area contributed by atoms with Crippen LogP contribution in [-0.2, 0) is 9.59 Å². The molecule has 6 nitrogen and oxygen atoms in total. The van der Waals surface area contributed by atoms with E-state index in [-0.39, 0.29) is 24.9 Å². The number of carbonyl (C=O) groups is 2. The van der Waals surface area contributed by atoms with Crippen LogP contribution in [0.4, 0.5) is 0 Å². The van der Waals surface area contributed by atoms with Crippen LogP contribution in [0.2, 0.25) is 0 Å². The number of likely N-dealkylation sites (N-methyl/N-ethyl adjacent to an activating group) is 2. The van der Waals surface area contributed by atoms with Gasteiger partial charge in [-0.05, 0) is 27.7 Å². The lowest BCUT2D eigenvalue weighted by atomic mass is 10.0. The van der Waals surface area contributed by atoms with Crippen molar-refractivity contribution in [3.05, 3.63) is 60.3 Å². The van der Waals surface area contributed by atoms with Gasteiger partial charge in [0, 0.05) is 26.2 Å². The molecule has 2 heterocycles. The third-order valence-corrected chi connectivity index (χ3v) is 4.82. The molecule has 2 amide bonds. The van der Waals surface area contributed by atoms with Gasteiger partial charge in [0.1, 0.15) is 50.0 Å². The van der Waals surface area contributed by atoms with Crippen LogP contribution in [0.1, 0.15) is 27.7 Å². The Kier molecular flexibility index (Phi) is 7.94. The summed E-state index contributed by atoms with van der Waals surface area (Å²) in [6.45, 7) is 11.3. The van der Waals surface area contributed by atoms with Crippen LogP contribution in [0.15, 0.2) is 47.9 Å². The van der Waals surface area contributed by atoms with Gasteiger partial charge in [0.2, 0.25) is 11.8 Å². The number of carbonyl (C=O) groups excluding carboxylic acids is 2. The molecule has 2 aliphatic heterocycles. The molecule has 0 unspecified atom stereocenters. The molecule has 0 bridgehead atoms. The Hall–Kier alpha value is -2.94. The first kappa shape index (κ1) is 21.4. The SMILES string of the molecule is CCN(CC)C(=O)CN1[C+]=CC(=C2C=[C+]N(CC(=O)N(CC)CC)C=C2)C=C1. The molecule has 28 heavy (non-hydrogen) atoms. The number of rotatable bonds is 8. The van der Waals surface area contributed by atoms with Crippen LogP contribution in [-0.4, -0.2) is 70.7 Å². The lowest BCUT2D eigenvalue weighted by molar-refractivity contribution is -0.131. The van der Waals surface area contributed by atoms with Gasteiger partial charge in [0.15, 0.2) is 11.1 Å². The average Bonchev–Trinajstić information content (AvgIpc) is 2.71. The first-order valence-corrected chi connectivity index (χ1v) is 9.90. The predicted octanol–water partition coefficient (Wildman–Crippen LogP) is 2.31. The molecular weight excluding hydrogens is 352 g/mol. The lowest BCUT2D eigenvalue weighted by Gasteiger charge is -2.20. The smallest absolute Gasteiger partial charge is 0.245 e. The summed E-state index contributed by atoms with van der Waals surface area (Å²) in [7, 11) is 0. The van der Waals surface area contributed by atoms with Gasteiger partial charge in [0.25, 0.3) is 0 Å². The number of amides is 2. The molecule has 0 radical (unpaired) electrons.